The smallest absolute Gasteiger partial charge is 0.241 e. The van der Waals surface area contributed by atoms with Crippen molar-refractivity contribution in [3.63, 3.8) is 0 Å². The minimum atomic E-state index is -3.52. The van der Waals surface area contributed by atoms with E-state index in [2.05, 4.69) is 10.1 Å². The fourth-order valence-electron chi connectivity index (χ4n) is 2.89. The van der Waals surface area contributed by atoms with Gasteiger partial charge >= 0.3 is 0 Å². The Morgan fingerprint density at radius 1 is 1.35 bits per heavy atom. The molecule has 1 atom stereocenters. The number of para-hydroxylation sites is 1. The highest BCUT2D eigenvalue weighted by Gasteiger charge is 2.33. The van der Waals surface area contributed by atoms with Crippen LogP contribution in [0.5, 0.6) is 0 Å². The van der Waals surface area contributed by atoms with Crippen LogP contribution in [-0.2, 0) is 22.2 Å². The van der Waals surface area contributed by atoms with E-state index < -0.39 is 10.0 Å². The standard InChI is InChI=1S/C16H21N3O3S/c1-12-8-14(17-22-12)11-23(20,21)19-10-15(18(2)3)9-13-6-4-5-7-16(13)19/h4-8,15H,9-11H2,1-3H3/t15-/m0/s1. The third kappa shape index (κ3) is 3.25. The maximum atomic E-state index is 12.9. The number of fused-ring (bicyclic) bond motifs is 1. The largest absolute Gasteiger partial charge is 0.361 e. The summed E-state index contributed by atoms with van der Waals surface area (Å²) in [5.74, 6) is 0.458. The molecule has 2 aromatic rings. The van der Waals surface area contributed by atoms with Crippen LogP contribution in [-0.4, -0.2) is 45.2 Å². The number of sulfonamides is 1. The number of aryl methyl sites for hydroxylation is 1. The van der Waals surface area contributed by atoms with Crippen LogP contribution in [0.4, 0.5) is 5.69 Å². The molecular weight excluding hydrogens is 314 g/mol. The van der Waals surface area contributed by atoms with Crippen LogP contribution in [0, 0.1) is 6.92 Å². The van der Waals surface area contributed by atoms with E-state index in [0.717, 1.165) is 17.7 Å². The minimum Gasteiger partial charge on any atom is -0.361 e. The summed E-state index contributed by atoms with van der Waals surface area (Å²) in [7, 11) is 0.434. The van der Waals surface area contributed by atoms with Gasteiger partial charge in [0.2, 0.25) is 10.0 Å². The monoisotopic (exact) mass is 335 g/mol. The zero-order valence-electron chi connectivity index (χ0n) is 13.6. The van der Waals surface area contributed by atoms with E-state index in [1.165, 1.54) is 4.31 Å². The number of likely N-dealkylation sites (N-methyl/N-ethyl adjacent to an activating group) is 1. The fourth-order valence-corrected chi connectivity index (χ4v) is 4.44. The molecule has 0 amide bonds. The van der Waals surface area contributed by atoms with E-state index in [0.29, 0.717) is 18.0 Å². The molecule has 0 N–H and O–H groups in total. The predicted molar refractivity (Wildman–Crippen MR) is 88.8 cm³/mol. The highest BCUT2D eigenvalue weighted by Crippen LogP contribution is 2.31. The van der Waals surface area contributed by atoms with Gasteiger partial charge in [-0.15, -0.1) is 0 Å². The molecule has 0 radical (unpaired) electrons. The number of anilines is 1. The molecule has 23 heavy (non-hydrogen) atoms. The Kier molecular flexibility index (Phi) is 4.16. The number of hydrogen-bond acceptors (Lipinski definition) is 5. The summed E-state index contributed by atoms with van der Waals surface area (Å²) in [5.41, 5.74) is 2.26. The summed E-state index contributed by atoms with van der Waals surface area (Å²) < 4.78 is 32.3. The first kappa shape index (κ1) is 16.0. The van der Waals surface area contributed by atoms with E-state index >= 15 is 0 Å². The molecule has 1 aliphatic rings. The maximum absolute atomic E-state index is 12.9. The number of nitrogens with zero attached hydrogens (tertiary/aromatic N) is 3. The van der Waals surface area contributed by atoms with Crippen LogP contribution in [0.15, 0.2) is 34.9 Å². The molecule has 1 aliphatic heterocycles. The van der Waals surface area contributed by atoms with Crippen molar-refractivity contribution in [3.05, 3.63) is 47.3 Å². The van der Waals surface area contributed by atoms with Crippen LogP contribution in [0.3, 0.4) is 0 Å². The highest BCUT2D eigenvalue weighted by atomic mass is 32.2. The maximum Gasteiger partial charge on any atom is 0.241 e. The van der Waals surface area contributed by atoms with Gasteiger partial charge < -0.3 is 9.42 Å². The van der Waals surface area contributed by atoms with Crippen molar-refractivity contribution in [2.45, 2.75) is 25.1 Å². The summed E-state index contributed by atoms with van der Waals surface area (Å²) in [5, 5.41) is 3.81. The molecule has 2 heterocycles. The van der Waals surface area contributed by atoms with Gasteiger partial charge in [-0.25, -0.2) is 8.42 Å². The van der Waals surface area contributed by atoms with Crippen LogP contribution in [0.2, 0.25) is 0 Å². The molecule has 3 rings (SSSR count). The van der Waals surface area contributed by atoms with Gasteiger partial charge in [-0.05, 0) is 39.1 Å². The Morgan fingerprint density at radius 3 is 2.74 bits per heavy atom. The number of hydrogen-bond donors (Lipinski definition) is 0. The summed E-state index contributed by atoms with van der Waals surface area (Å²) in [6.45, 7) is 2.20. The topological polar surface area (TPSA) is 66.7 Å². The lowest BCUT2D eigenvalue weighted by atomic mass is 9.99. The Labute approximate surface area is 136 Å². The summed E-state index contributed by atoms with van der Waals surface area (Å²) in [4.78, 5) is 2.07. The Bertz CT molecular complexity index is 798. The molecule has 0 bridgehead atoms. The Morgan fingerprint density at radius 2 is 2.09 bits per heavy atom. The van der Waals surface area contributed by atoms with E-state index in [1.807, 2.05) is 38.4 Å². The van der Waals surface area contributed by atoms with Crippen molar-refractivity contribution in [2.24, 2.45) is 0 Å². The lowest BCUT2D eigenvalue weighted by molar-refractivity contribution is 0.293. The second-order valence-corrected chi connectivity index (χ2v) is 8.06. The van der Waals surface area contributed by atoms with Crippen LogP contribution in [0.25, 0.3) is 0 Å². The second-order valence-electron chi connectivity index (χ2n) is 6.17. The third-order valence-electron chi connectivity index (χ3n) is 4.17. The molecule has 7 heteroatoms. The van der Waals surface area contributed by atoms with Crippen LogP contribution in [0.1, 0.15) is 17.0 Å². The average molecular weight is 335 g/mol. The van der Waals surface area contributed by atoms with Crippen molar-refractivity contribution >= 4 is 15.7 Å². The van der Waals surface area contributed by atoms with E-state index in [1.54, 1.807) is 13.0 Å². The van der Waals surface area contributed by atoms with Gasteiger partial charge in [0.15, 0.2) is 0 Å². The second kappa shape index (κ2) is 5.98. The van der Waals surface area contributed by atoms with Gasteiger partial charge in [-0.2, -0.15) is 0 Å². The molecule has 124 valence electrons. The normalized spacial score (nSPS) is 18.3. The first-order chi connectivity index (χ1) is 10.9. The minimum absolute atomic E-state index is 0.152. The first-order valence-electron chi connectivity index (χ1n) is 7.54. The van der Waals surface area contributed by atoms with Gasteiger partial charge in [0.1, 0.15) is 17.2 Å². The summed E-state index contributed by atoms with van der Waals surface area (Å²) >= 11 is 0. The number of aromatic nitrogens is 1. The van der Waals surface area contributed by atoms with Crippen molar-refractivity contribution in [1.29, 1.82) is 0 Å². The van der Waals surface area contributed by atoms with Gasteiger partial charge in [-0.3, -0.25) is 4.31 Å². The SMILES string of the molecule is Cc1cc(CS(=O)(=O)N2C[C@@H](N(C)C)Cc3ccccc32)no1. The zero-order chi connectivity index (χ0) is 16.6. The molecule has 0 unspecified atom stereocenters. The molecule has 0 saturated heterocycles. The highest BCUT2D eigenvalue weighted by molar-refractivity contribution is 7.92. The number of benzene rings is 1. The zero-order valence-corrected chi connectivity index (χ0v) is 14.4. The van der Waals surface area contributed by atoms with Crippen molar-refractivity contribution in [2.75, 3.05) is 24.9 Å². The first-order valence-corrected chi connectivity index (χ1v) is 9.14. The number of rotatable bonds is 4. The predicted octanol–water partition coefficient (Wildman–Crippen LogP) is 1.81. The lowest BCUT2D eigenvalue weighted by Gasteiger charge is -2.37. The molecule has 0 saturated carbocycles. The molecule has 1 aromatic carbocycles. The van der Waals surface area contributed by atoms with Crippen LogP contribution >= 0.6 is 0 Å². The van der Waals surface area contributed by atoms with E-state index in [4.69, 9.17) is 4.52 Å². The molecule has 0 aliphatic carbocycles. The van der Waals surface area contributed by atoms with Crippen molar-refractivity contribution in [1.82, 2.24) is 10.1 Å². The van der Waals surface area contributed by atoms with Crippen LogP contribution < -0.4 is 4.31 Å². The quantitative estimate of drug-likeness (QED) is 0.852. The molecular formula is C16H21N3O3S. The van der Waals surface area contributed by atoms with Gasteiger partial charge in [0.05, 0.1) is 5.69 Å². The van der Waals surface area contributed by atoms with Gasteiger partial charge in [-0.1, -0.05) is 23.4 Å². The lowest BCUT2D eigenvalue weighted by Crippen LogP contribution is -2.48. The third-order valence-corrected chi connectivity index (χ3v) is 5.84. The van der Waals surface area contributed by atoms with Gasteiger partial charge in [0.25, 0.3) is 0 Å². The van der Waals surface area contributed by atoms with Crippen molar-refractivity contribution in [3.8, 4) is 0 Å². The summed E-state index contributed by atoms with van der Waals surface area (Å²) in [6, 6.07) is 9.50. The molecule has 0 spiro atoms. The molecule has 1 aromatic heterocycles. The summed E-state index contributed by atoms with van der Waals surface area (Å²) in [6.07, 6.45) is 0.845. The average Bonchev–Trinajstić information content (AvgIpc) is 2.90. The van der Waals surface area contributed by atoms with Crippen molar-refractivity contribution < 1.29 is 12.9 Å². The fraction of sp³-hybridized carbons (Fsp3) is 0.438. The molecule has 0 fully saturated rings. The molecule has 6 nitrogen and oxygen atoms in total. The Balaban J connectivity index is 1.96. The van der Waals surface area contributed by atoms with Gasteiger partial charge in [0, 0.05) is 18.7 Å². The van der Waals surface area contributed by atoms with E-state index in [-0.39, 0.29) is 11.8 Å². The van der Waals surface area contributed by atoms with E-state index in [9.17, 15) is 8.42 Å². The Hall–Kier alpha value is -1.86.